The van der Waals surface area contributed by atoms with E-state index in [0.29, 0.717) is 5.56 Å². The Kier molecular flexibility index (Phi) is 2.77. The first kappa shape index (κ1) is 11.2. The van der Waals surface area contributed by atoms with E-state index < -0.39 is 0 Å². The zero-order chi connectivity index (χ0) is 12.5. The van der Waals surface area contributed by atoms with Crippen LogP contribution in [0, 0.1) is 11.3 Å². The largest absolute Gasteiger partial charge is 0.346 e. The van der Waals surface area contributed by atoms with Crippen LogP contribution in [0.15, 0.2) is 18.5 Å². The smallest absolute Gasteiger partial charge is 0.137 e. The molecule has 1 saturated heterocycles. The van der Waals surface area contributed by atoms with Crippen molar-refractivity contribution in [1.29, 1.82) is 5.26 Å². The number of nitrogens with one attached hydrogen (secondary N) is 1. The van der Waals surface area contributed by atoms with Crippen LogP contribution in [0.5, 0.6) is 0 Å². The molecular formula is C14H16N4. The third-order valence-corrected chi connectivity index (χ3v) is 3.87. The van der Waals surface area contributed by atoms with E-state index in [4.69, 9.17) is 5.26 Å². The van der Waals surface area contributed by atoms with Crippen molar-refractivity contribution in [1.82, 2.24) is 14.9 Å². The van der Waals surface area contributed by atoms with E-state index in [9.17, 15) is 0 Å². The number of likely N-dealkylation sites (tertiary alicyclic amines) is 1. The molecule has 0 aliphatic carbocycles. The van der Waals surface area contributed by atoms with Gasteiger partial charge in [0.1, 0.15) is 11.7 Å². The highest BCUT2D eigenvalue weighted by atomic mass is 15.2. The van der Waals surface area contributed by atoms with Crippen LogP contribution < -0.4 is 0 Å². The number of hydrogen-bond donors (Lipinski definition) is 1. The van der Waals surface area contributed by atoms with Gasteiger partial charge >= 0.3 is 0 Å². The van der Waals surface area contributed by atoms with Gasteiger partial charge in [0.15, 0.2) is 0 Å². The van der Waals surface area contributed by atoms with E-state index in [-0.39, 0.29) is 0 Å². The van der Waals surface area contributed by atoms with Crippen molar-refractivity contribution in [3.05, 3.63) is 29.6 Å². The van der Waals surface area contributed by atoms with Crippen LogP contribution >= 0.6 is 0 Å². The number of H-pyrrole nitrogens is 1. The van der Waals surface area contributed by atoms with Crippen molar-refractivity contribution >= 4 is 11.0 Å². The number of nitriles is 1. The van der Waals surface area contributed by atoms with Gasteiger partial charge in [-0.05, 0) is 37.9 Å². The predicted molar refractivity (Wildman–Crippen MR) is 70.2 cm³/mol. The Labute approximate surface area is 106 Å². The lowest BCUT2D eigenvalue weighted by Gasteiger charge is -2.38. The third kappa shape index (κ3) is 1.87. The summed E-state index contributed by atoms with van der Waals surface area (Å²) in [5.41, 5.74) is 2.76. The van der Waals surface area contributed by atoms with Gasteiger partial charge in [0, 0.05) is 30.4 Å². The zero-order valence-electron chi connectivity index (χ0n) is 10.5. The summed E-state index contributed by atoms with van der Waals surface area (Å²) in [6.07, 6.45) is 5.96. The van der Waals surface area contributed by atoms with Crippen LogP contribution in [0.1, 0.15) is 24.5 Å². The lowest BCUT2D eigenvalue weighted by Crippen LogP contribution is -2.46. The maximum Gasteiger partial charge on any atom is 0.137 e. The predicted octanol–water partition coefficient (Wildman–Crippen LogP) is 2.07. The van der Waals surface area contributed by atoms with Crippen molar-refractivity contribution in [3.63, 3.8) is 0 Å². The molecule has 4 heteroatoms. The van der Waals surface area contributed by atoms with Gasteiger partial charge in [-0.25, -0.2) is 4.98 Å². The summed E-state index contributed by atoms with van der Waals surface area (Å²) < 4.78 is 0. The van der Waals surface area contributed by atoms with Gasteiger partial charge in [0.05, 0.1) is 5.56 Å². The number of aromatic amines is 1. The Morgan fingerprint density at radius 2 is 2.50 bits per heavy atom. The van der Waals surface area contributed by atoms with Crippen LogP contribution in [0.3, 0.4) is 0 Å². The van der Waals surface area contributed by atoms with Gasteiger partial charge in [-0.1, -0.05) is 0 Å². The molecule has 0 aromatic carbocycles. The maximum atomic E-state index is 8.92. The number of pyridine rings is 1. The highest BCUT2D eigenvalue weighted by molar-refractivity contribution is 5.80. The molecule has 1 N–H and O–H groups in total. The number of aromatic nitrogens is 2. The fourth-order valence-electron chi connectivity index (χ4n) is 2.49. The Balaban J connectivity index is 1.81. The maximum absolute atomic E-state index is 8.92. The summed E-state index contributed by atoms with van der Waals surface area (Å²) >= 11 is 0. The lowest BCUT2D eigenvalue weighted by molar-refractivity contribution is 0.107. The minimum Gasteiger partial charge on any atom is -0.346 e. The van der Waals surface area contributed by atoms with Gasteiger partial charge < -0.3 is 9.88 Å². The van der Waals surface area contributed by atoms with Gasteiger partial charge in [-0.3, -0.25) is 0 Å². The molecule has 4 nitrogen and oxygen atoms in total. The summed E-state index contributed by atoms with van der Waals surface area (Å²) in [5, 5.41) is 10.0. The topological polar surface area (TPSA) is 55.7 Å². The molecule has 1 unspecified atom stereocenters. The number of rotatable bonds is 3. The van der Waals surface area contributed by atoms with Crippen LogP contribution in [0.4, 0.5) is 0 Å². The van der Waals surface area contributed by atoms with Gasteiger partial charge in [-0.15, -0.1) is 0 Å². The molecule has 0 amide bonds. The van der Waals surface area contributed by atoms with E-state index in [0.717, 1.165) is 30.0 Å². The monoisotopic (exact) mass is 240 g/mol. The average Bonchev–Trinajstić information content (AvgIpc) is 2.79. The fraction of sp³-hybridized carbons (Fsp3) is 0.429. The van der Waals surface area contributed by atoms with Gasteiger partial charge in [0.2, 0.25) is 0 Å². The molecule has 2 aromatic heterocycles. The van der Waals surface area contributed by atoms with Crippen molar-refractivity contribution in [2.45, 2.75) is 25.8 Å². The standard InChI is InChI=1S/C14H16N4/c1-10-2-4-18(10)5-3-12-9-17-14-13(12)6-11(7-15)8-16-14/h6,8-10H,2-5H2,1H3,(H,16,17). The Bertz CT molecular complexity index is 608. The van der Waals surface area contributed by atoms with Gasteiger partial charge in [0.25, 0.3) is 0 Å². The molecule has 1 aliphatic rings. The average molecular weight is 240 g/mol. The van der Waals surface area contributed by atoms with Crippen LogP contribution in [-0.2, 0) is 6.42 Å². The number of hydrogen-bond acceptors (Lipinski definition) is 3. The van der Waals surface area contributed by atoms with E-state index in [1.54, 1.807) is 6.20 Å². The molecule has 3 heterocycles. The van der Waals surface area contributed by atoms with Crippen LogP contribution in [-0.4, -0.2) is 34.0 Å². The van der Waals surface area contributed by atoms with Crippen molar-refractivity contribution in [2.75, 3.05) is 13.1 Å². The molecule has 0 saturated carbocycles. The minimum atomic E-state index is 0.626. The van der Waals surface area contributed by atoms with Crippen molar-refractivity contribution in [2.24, 2.45) is 0 Å². The SMILES string of the molecule is CC1CCN1CCc1c[nH]c2ncc(C#N)cc12. The second kappa shape index (κ2) is 4.43. The molecule has 18 heavy (non-hydrogen) atoms. The molecule has 1 aliphatic heterocycles. The zero-order valence-corrected chi connectivity index (χ0v) is 10.5. The van der Waals surface area contributed by atoms with E-state index in [2.05, 4.69) is 27.9 Å². The molecular weight excluding hydrogens is 224 g/mol. The molecule has 1 fully saturated rings. The highest BCUT2D eigenvalue weighted by Gasteiger charge is 2.22. The highest BCUT2D eigenvalue weighted by Crippen LogP contribution is 2.21. The summed E-state index contributed by atoms with van der Waals surface area (Å²) in [6, 6.07) is 4.79. The Hall–Kier alpha value is -1.86. The second-order valence-electron chi connectivity index (χ2n) is 4.97. The molecule has 0 bridgehead atoms. The quantitative estimate of drug-likeness (QED) is 0.893. The van der Waals surface area contributed by atoms with E-state index in [1.165, 1.54) is 18.5 Å². The normalized spacial score (nSPS) is 19.7. The molecule has 1 atom stereocenters. The molecule has 2 aromatic rings. The first-order valence-electron chi connectivity index (χ1n) is 6.38. The van der Waals surface area contributed by atoms with Crippen LogP contribution in [0.2, 0.25) is 0 Å². The molecule has 0 spiro atoms. The molecule has 0 radical (unpaired) electrons. The Morgan fingerprint density at radius 3 is 3.17 bits per heavy atom. The van der Waals surface area contributed by atoms with Crippen molar-refractivity contribution < 1.29 is 0 Å². The summed E-state index contributed by atoms with van der Waals surface area (Å²) in [6.45, 7) is 4.57. The third-order valence-electron chi connectivity index (χ3n) is 3.87. The summed E-state index contributed by atoms with van der Waals surface area (Å²) in [4.78, 5) is 9.92. The number of nitrogens with zero attached hydrogens (tertiary/aromatic N) is 3. The van der Waals surface area contributed by atoms with E-state index in [1.807, 2.05) is 12.3 Å². The minimum absolute atomic E-state index is 0.626. The first-order chi connectivity index (χ1) is 8.78. The summed E-state index contributed by atoms with van der Waals surface area (Å²) in [7, 11) is 0. The second-order valence-corrected chi connectivity index (χ2v) is 4.97. The Morgan fingerprint density at radius 1 is 1.61 bits per heavy atom. The van der Waals surface area contributed by atoms with Gasteiger partial charge in [-0.2, -0.15) is 5.26 Å². The fourth-order valence-corrected chi connectivity index (χ4v) is 2.49. The first-order valence-corrected chi connectivity index (χ1v) is 6.38. The van der Waals surface area contributed by atoms with Crippen LogP contribution in [0.25, 0.3) is 11.0 Å². The lowest BCUT2D eigenvalue weighted by atomic mass is 10.0. The van der Waals surface area contributed by atoms with E-state index >= 15 is 0 Å². The van der Waals surface area contributed by atoms with Crippen molar-refractivity contribution in [3.8, 4) is 6.07 Å². The molecule has 3 rings (SSSR count). The molecule has 92 valence electrons. The summed E-state index contributed by atoms with van der Waals surface area (Å²) in [5.74, 6) is 0. The number of fused-ring (bicyclic) bond motifs is 1.